The van der Waals surface area contributed by atoms with Gasteiger partial charge in [0.25, 0.3) is 0 Å². The van der Waals surface area contributed by atoms with E-state index in [4.69, 9.17) is 4.98 Å². The molecular weight excluding hydrogens is 367 g/mol. The molecular formula is C22H21FN6. The molecule has 1 aliphatic carbocycles. The van der Waals surface area contributed by atoms with Crippen molar-refractivity contribution in [2.45, 2.75) is 31.7 Å². The van der Waals surface area contributed by atoms with E-state index >= 15 is 0 Å². The van der Waals surface area contributed by atoms with E-state index in [-0.39, 0.29) is 5.82 Å². The molecule has 0 amide bonds. The number of nitrogens with one attached hydrogen (secondary N) is 2. The van der Waals surface area contributed by atoms with Crippen LogP contribution < -0.4 is 10.6 Å². The first kappa shape index (κ1) is 17.6. The first-order chi connectivity index (χ1) is 14.3. The molecule has 0 aliphatic heterocycles. The third-order valence-corrected chi connectivity index (χ3v) is 5.20. The molecule has 0 spiro atoms. The van der Waals surface area contributed by atoms with E-state index in [1.54, 1.807) is 16.9 Å². The maximum atomic E-state index is 13.7. The zero-order chi connectivity index (χ0) is 19.6. The minimum atomic E-state index is -0.301. The SMILES string of the molecule is Fc1cccc(Nc2nc(NC3CCCC3)nc3c2cnn3-c2ccccc2)c1. The van der Waals surface area contributed by atoms with Gasteiger partial charge in [-0.2, -0.15) is 15.1 Å². The van der Waals surface area contributed by atoms with E-state index in [1.165, 1.54) is 25.0 Å². The van der Waals surface area contributed by atoms with Crippen molar-refractivity contribution in [3.05, 3.63) is 66.6 Å². The third-order valence-electron chi connectivity index (χ3n) is 5.20. The predicted octanol–water partition coefficient (Wildman–Crippen LogP) is 5.05. The highest BCUT2D eigenvalue weighted by Gasteiger charge is 2.19. The van der Waals surface area contributed by atoms with Crippen molar-refractivity contribution in [1.29, 1.82) is 0 Å². The number of halogens is 1. The normalized spacial score (nSPS) is 14.4. The van der Waals surface area contributed by atoms with E-state index < -0.39 is 0 Å². The van der Waals surface area contributed by atoms with Crippen molar-refractivity contribution in [3.63, 3.8) is 0 Å². The van der Waals surface area contributed by atoms with E-state index in [0.717, 1.165) is 23.9 Å². The van der Waals surface area contributed by atoms with Crippen LogP contribution in [0.2, 0.25) is 0 Å². The van der Waals surface area contributed by atoms with Crippen LogP contribution in [0, 0.1) is 5.82 Å². The van der Waals surface area contributed by atoms with Crippen molar-refractivity contribution in [1.82, 2.24) is 19.7 Å². The summed E-state index contributed by atoms with van der Waals surface area (Å²) >= 11 is 0. The van der Waals surface area contributed by atoms with Gasteiger partial charge in [0.2, 0.25) is 5.95 Å². The largest absolute Gasteiger partial charge is 0.351 e. The van der Waals surface area contributed by atoms with Crippen molar-refractivity contribution in [2.24, 2.45) is 0 Å². The van der Waals surface area contributed by atoms with Gasteiger partial charge in [0.15, 0.2) is 5.65 Å². The van der Waals surface area contributed by atoms with Gasteiger partial charge < -0.3 is 10.6 Å². The molecule has 6 nitrogen and oxygen atoms in total. The number of anilines is 3. The van der Waals surface area contributed by atoms with Crippen LogP contribution in [0.15, 0.2) is 60.8 Å². The Balaban J connectivity index is 1.60. The number of rotatable bonds is 5. The molecule has 4 aromatic rings. The highest BCUT2D eigenvalue weighted by Crippen LogP contribution is 2.28. The molecule has 1 saturated carbocycles. The van der Waals surface area contributed by atoms with Gasteiger partial charge in [-0.25, -0.2) is 9.07 Å². The van der Waals surface area contributed by atoms with Gasteiger partial charge in [-0.1, -0.05) is 37.1 Å². The van der Waals surface area contributed by atoms with Crippen molar-refractivity contribution in [3.8, 4) is 5.69 Å². The zero-order valence-corrected chi connectivity index (χ0v) is 15.8. The summed E-state index contributed by atoms with van der Waals surface area (Å²) in [7, 11) is 0. The second kappa shape index (κ2) is 7.50. The van der Waals surface area contributed by atoms with Gasteiger partial charge in [-0.05, 0) is 43.2 Å². The Morgan fingerprint density at radius 2 is 1.79 bits per heavy atom. The topological polar surface area (TPSA) is 67.7 Å². The Labute approximate surface area is 167 Å². The smallest absolute Gasteiger partial charge is 0.226 e. The number of hydrogen-bond donors (Lipinski definition) is 2. The minimum Gasteiger partial charge on any atom is -0.351 e. The molecule has 2 heterocycles. The second-order valence-corrected chi connectivity index (χ2v) is 7.29. The molecule has 0 radical (unpaired) electrons. The Kier molecular flexibility index (Phi) is 4.56. The van der Waals surface area contributed by atoms with Gasteiger partial charge in [0.05, 0.1) is 17.3 Å². The summed E-state index contributed by atoms with van der Waals surface area (Å²) in [6, 6.07) is 16.6. The molecule has 1 aliphatic rings. The fourth-order valence-electron chi connectivity index (χ4n) is 3.78. The van der Waals surface area contributed by atoms with Crippen LogP contribution in [0.5, 0.6) is 0 Å². The first-order valence-electron chi connectivity index (χ1n) is 9.86. The zero-order valence-electron chi connectivity index (χ0n) is 15.8. The van der Waals surface area contributed by atoms with Crippen LogP contribution in [0.25, 0.3) is 16.7 Å². The highest BCUT2D eigenvalue weighted by molar-refractivity contribution is 5.90. The lowest BCUT2D eigenvalue weighted by molar-refractivity contribution is 0.628. The lowest BCUT2D eigenvalue weighted by Gasteiger charge is -2.14. The van der Waals surface area contributed by atoms with Gasteiger partial charge in [0.1, 0.15) is 11.6 Å². The standard InChI is InChI=1S/C22H21FN6/c23-15-7-6-10-17(13-15)25-20-19-14-24-29(18-11-2-1-3-12-18)21(19)28-22(27-20)26-16-8-4-5-9-16/h1-3,6-7,10-14,16H,4-5,8-9H2,(H2,25,26,27,28). The number of hydrogen-bond acceptors (Lipinski definition) is 5. The fourth-order valence-corrected chi connectivity index (χ4v) is 3.78. The molecule has 0 atom stereocenters. The number of nitrogens with zero attached hydrogens (tertiary/aromatic N) is 4. The van der Waals surface area contributed by atoms with E-state index in [1.807, 2.05) is 36.4 Å². The number of aromatic nitrogens is 4. The summed E-state index contributed by atoms with van der Waals surface area (Å²) in [4.78, 5) is 9.45. The molecule has 0 bridgehead atoms. The molecule has 0 unspecified atom stereocenters. The molecule has 1 fully saturated rings. The Morgan fingerprint density at radius 3 is 2.59 bits per heavy atom. The van der Waals surface area contributed by atoms with Crippen LogP contribution in [0.1, 0.15) is 25.7 Å². The minimum absolute atomic E-state index is 0.301. The van der Waals surface area contributed by atoms with Gasteiger partial charge in [0, 0.05) is 11.7 Å². The average Bonchev–Trinajstić information content (AvgIpc) is 3.39. The van der Waals surface area contributed by atoms with Gasteiger partial charge >= 0.3 is 0 Å². The predicted molar refractivity (Wildman–Crippen MR) is 112 cm³/mol. The molecule has 7 heteroatoms. The molecule has 5 rings (SSSR count). The summed E-state index contributed by atoms with van der Waals surface area (Å²) in [6.07, 6.45) is 6.41. The van der Waals surface area contributed by atoms with Crippen molar-refractivity contribution in [2.75, 3.05) is 10.6 Å². The summed E-state index contributed by atoms with van der Waals surface area (Å²) in [5.74, 6) is 0.855. The van der Waals surface area contributed by atoms with Crippen molar-refractivity contribution < 1.29 is 4.39 Å². The van der Waals surface area contributed by atoms with Crippen molar-refractivity contribution >= 4 is 28.5 Å². The van der Waals surface area contributed by atoms with Crippen LogP contribution in [-0.2, 0) is 0 Å². The Hall–Kier alpha value is -3.48. The van der Waals surface area contributed by atoms with Crippen LogP contribution in [0.4, 0.5) is 21.8 Å². The maximum absolute atomic E-state index is 13.7. The number of benzene rings is 2. The van der Waals surface area contributed by atoms with E-state index in [9.17, 15) is 4.39 Å². The average molecular weight is 388 g/mol. The maximum Gasteiger partial charge on any atom is 0.226 e. The molecule has 2 aromatic carbocycles. The lowest BCUT2D eigenvalue weighted by Crippen LogP contribution is -2.17. The van der Waals surface area contributed by atoms with Crippen LogP contribution in [0.3, 0.4) is 0 Å². The molecule has 146 valence electrons. The second-order valence-electron chi connectivity index (χ2n) is 7.29. The lowest BCUT2D eigenvalue weighted by atomic mass is 10.2. The van der Waals surface area contributed by atoms with Gasteiger partial charge in [-0.3, -0.25) is 0 Å². The quantitative estimate of drug-likeness (QED) is 0.501. The molecule has 0 saturated heterocycles. The Morgan fingerprint density at radius 1 is 0.966 bits per heavy atom. The summed E-state index contributed by atoms with van der Waals surface area (Å²) in [5.41, 5.74) is 2.25. The summed E-state index contributed by atoms with van der Waals surface area (Å²) < 4.78 is 15.5. The van der Waals surface area contributed by atoms with E-state index in [0.29, 0.717) is 29.1 Å². The van der Waals surface area contributed by atoms with E-state index in [2.05, 4.69) is 20.7 Å². The number of para-hydroxylation sites is 1. The summed E-state index contributed by atoms with van der Waals surface area (Å²) in [6.45, 7) is 0. The molecule has 2 N–H and O–H groups in total. The Bertz CT molecular complexity index is 1130. The van der Waals surface area contributed by atoms with Gasteiger partial charge in [-0.15, -0.1) is 0 Å². The number of fused-ring (bicyclic) bond motifs is 1. The van der Waals surface area contributed by atoms with Crippen LogP contribution in [-0.4, -0.2) is 25.8 Å². The third kappa shape index (κ3) is 3.63. The monoisotopic (exact) mass is 388 g/mol. The summed E-state index contributed by atoms with van der Waals surface area (Å²) in [5, 5.41) is 12.0. The molecule has 29 heavy (non-hydrogen) atoms. The van der Waals surface area contributed by atoms with Crippen LogP contribution >= 0.6 is 0 Å². The highest BCUT2D eigenvalue weighted by atomic mass is 19.1. The fraction of sp³-hybridized carbons (Fsp3) is 0.227. The first-order valence-corrected chi connectivity index (χ1v) is 9.86. The molecule has 2 aromatic heterocycles.